The molecule has 5 aliphatic rings. The van der Waals surface area contributed by atoms with Crippen molar-refractivity contribution in [2.24, 2.45) is 28.1 Å². The second kappa shape index (κ2) is 7.79. The molecule has 0 amide bonds. The van der Waals surface area contributed by atoms with Gasteiger partial charge in [0.1, 0.15) is 18.6 Å². The molecule has 6 nitrogen and oxygen atoms in total. The van der Waals surface area contributed by atoms with Crippen molar-refractivity contribution in [3.63, 3.8) is 0 Å². The number of carbonyl (C=O) groups is 2. The van der Waals surface area contributed by atoms with Crippen LogP contribution in [0.15, 0.2) is 48.1 Å². The highest BCUT2D eigenvalue weighted by molar-refractivity contribution is 6.01. The highest BCUT2D eigenvalue weighted by Crippen LogP contribution is 2.77. The van der Waals surface area contributed by atoms with Crippen molar-refractivity contribution < 1.29 is 37.8 Å². The van der Waals surface area contributed by atoms with Gasteiger partial charge in [0.05, 0.1) is 18.3 Å². The topological polar surface area (TPSA) is 87.1 Å². The molecule has 4 aliphatic carbocycles. The summed E-state index contributed by atoms with van der Waals surface area (Å²) in [4.78, 5) is 32.1. The standard InChI is InChI=1S/C29H32F3NO5/c1-25-8-7-19(35)10-20(25)21(31)11-22-26(2)12-16-14-33(18-6-4-5-17(30)9-18)38-29(16,24(37)15-34)27(26,3)13-23(36)28(22,25)32/h4-10,16,21-23,34,36H,11-15H2,1-3H3/t16-,21-,22-,23-,25-,26-,27-,28-,29-/m0/s1. The SMILES string of the molecule is C[C@]12C[C@H](O)[C@@]3(F)[C@@H](C[C@H](F)C4=CC(=O)C=C[C@@]43C)[C@]1(C)C[C@H]1CN(c3cccc(F)c3)O[C@]12C(=O)CO. The van der Waals surface area contributed by atoms with Gasteiger partial charge in [0.15, 0.2) is 22.8 Å². The number of nitrogens with zero attached hydrogens (tertiary/aromatic N) is 1. The lowest BCUT2D eigenvalue weighted by molar-refractivity contribution is -0.256. The molecular weight excluding hydrogens is 499 g/mol. The number of benzene rings is 1. The number of halogens is 3. The number of ketones is 2. The van der Waals surface area contributed by atoms with E-state index in [1.54, 1.807) is 13.0 Å². The average Bonchev–Trinajstić information content (AvgIpc) is 3.33. The molecule has 0 radical (unpaired) electrons. The molecule has 0 unspecified atom stereocenters. The van der Waals surface area contributed by atoms with Crippen LogP contribution in [0.1, 0.15) is 40.0 Å². The second-order valence-corrected chi connectivity index (χ2v) is 12.4. The summed E-state index contributed by atoms with van der Waals surface area (Å²) < 4.78 is 47.4. The number of hydroxylamine groups is 1. The molecule has 0 aromatic heterocycles. The van der Waals surface area contributed by atoms with Gasteiger partial charge in [-0.25, -0.2) is 13.2 Å². The highest BCUT2D eigenvalue weighted by atomic mass is 19.1. The first-order valence-corrected chi connectivity index (χ1v) is 13.1. The maximum absolute atomic E-state index is 17.6. The summed E-state index contributed by atoms with van der Waals surface area (Å²) in [5.41, 5.74) is -7.28. The summed E-state index contributed by atoms with van der Waals surface area (Å²) in [6.45, 7) is 4.48. The molecule has 0 bridgehead atoms. The van der Waals surface area contributed by atoms with Gasteiger partial charge in [-0.15, -0.1) is 0 Å². The normalized spacial score (nSPS) is 47.2. The van der Waals surface area contributed by atoms with Gasteiger partial charge < -0.3 is 10.2 Å². The third-order valence-electron chi connectivity index (χ3n) is 11.0. The van der Waals surface area contributed by atoms with Gasteiger partial charge in [0.25, 0.3) is 0 Å². The van der Waals surface area contributed by atoms with Crippen LogP contribution in [-0.4, -0.2) is 58.5 Å². The molecular formula is C29H32F3NO5. The van der Waals surface area contributed by atoms with Gasteiger partial charge in [-0.3, -0.25) is 19.5 Å². The van der Waals surface area contributed by atoms with Gasteiger partial charge in [-0.2, -0.15) is 0 Å². The molecule has 1 heterocycles. The van der Waals surface area contributed by atoms with Crippen molar-refractivity contribution in [2.75, 3.05) is 18.2 Å². The van der Waals surface area contributed by atoms with Crippen molar-refractivity contribution >= 4 is 17.3 Å². The molecule has 4 fully saturated rings. The van der Waals surface area contributed by atoms with E-state index in [9.17, 15) is 24.2 Å². The van der Waals surface area contributed by atoms with Crippen molar-refractivity contribution in [3.8, 4) is 0 Å². The third kappa shape index (κ3) is 2.75. The summed E-state index contributed by atoms with van der Waals surface area (Å²) in [5.74, 6) is -3.05. The van der Waals surface area contributed by atoms with Gasteiger partial charge in [-0.05, 0) is 67.5 Å². The zero-order valence-corrected chi connectivity index (χ0v) is 21.6. The molecule has 9 heteroatoms. The Bertz CT molecular complexity index is 1300. The first-order chi connectivity index (χ1) is 17.8. The molecule has 9 atom stereocenters. The molecule has 38 heavy (non-hydrogen) atoms. The number of rotatable bonds is 3. The Hall–Kier alpha value is -2.49. The van der Waals surface area contributed by atoms with E-state index in [2.05, 4.69) is 0 Å². The Balaban J connectivity index is 1.49. The first-order valence-electron chi connectivity index (χ1n) is 13.1. The first kappa shape index (κ1) is 25.8. The predicted molar refractivity (Wildman–Crippen MR) is 132 cm³/mol. The van der Waals surface area contributed by atoms with Crippen LogP contribution < -0.4 is 5.06 Å². The van der Waals surface area contributed by atoms with E-state index >= 15 is 8.78 Å². The fourth-order valence-electron chi connectivity index (χ4n) is 9.11. The Morgan fingerprint density at radius 3 is 2.66 bits per heavy atom. The minimum Gasteiger partial charge on any atom is -0.390 e. The Labute approximate surface area is 219 Å². The summed E-state index contributed by atoms with van der Waals surface area (Å²) in [6.07, 6.45) is 0.360. The summed E-state index contributed by atoms with van der Waals surface area (Å²) in [5, 5.41) is 23.1. The van der Waals surface area contributed by atoms with Gasteiger partial charge in [0, 0.05) is 22.7 Å². The maximum Gasteiger partial charge on any atom is 0.193 e. The minimum absolute atomic E-state index is 0.0304. The Morgan fingerprint density at radius 2 is 1.97 bits per heavy atom. The van der Waals surface area contributed by atoms with Crippen molar-refractivity contribution in [1.29, 1.82) is 0 Å². The smallest absolute Gasteiger partial charge is 0.193 e. The highest BCUT2D eigenvalue weighted by Gasteiger charge is 2.83. The predicted octanol–water partition coefficient (Wildman–Crippen LogP) is 3.81. The third-order valence-corrected chi connectivity index (χ3v) is 11.0. The van der Waals surface area contributed by atoms with E-state index in [0.29, 0.717) is 5.69 Å². The van der Waals surface area contributed by atoms with Crippen LogP contribution in [0.2, 0.25) is 0 Å². The summed E-state index contributed by atoms with van der Waals surface area (Å²) >= 11 is 0. The average molecular weight is 532 g/mol. The van der Waals surface area contributed by atoms with Gasteiger partial charge >= 0.3 is 0 Å². The maximum atomic E-state index is 17.6. The summed E-state index contributed by atoms with van der Waals surface area (Å²) in [7, 11) is 0. The largest absolute Gasteiger partial charge is 0.390 e. The lowest BCUT2D eigenvalue weighted by atomic mass is 9.39. The number of aliphatic hydroxyl groups excluding tert-OH is 2. The number of alkyl halides is 2. The number of allylic oxidation sites excluding steroid dienone is 4. The van der Waals surface area contributed by atoms with Crippen LogP contribution >= 0.6 is 0 Å². The van der Waals surface area contributed by atoms with E-state index in [1.807, 2.05) is 6.92 Å². The van der Waals surface area contributed by atoms with E-state index < -0.39 is 75.6 Å². The number of carbonyl (C=O) groups excluding carboxylic acids is 2. The molecule has 1 aromatic rings. The summed E-state index contributed by atoms with van der Waals surface area (Å²) in [6, 6.07) is 5.74. The van der Waals surface area contributed by atoms with Crippen LogP contribution in [0.25, 0.3) is 0 Å². The Morgan fingerprint density at radius 1 is 1.24 bits per heavy atom. The van der Waals surface area contributed by atoms with Crippen LogP contribution in [0.4, 0.5) is 18.9 Å². The lowest BCUT2D eigenvalue weighted by Crippen LogP contribution is -2.73. The van der Waals surface area contributed by atoms with Crippen LogP contribution in [0.5, 0.6) is 0 Å². The number of hydrogen-bond donors (Lipinski definition) is 2. The number of anilines is 1. The number of hydrogen-bond acceptors (Lipinski definition) is 6. The van der Waals surface area contributed by atoms with E-state index in [0.717, 1.165) is 6.08 Å². The van der Waals surface area contributed by atoms with Crippen molar-refractivity contribution in [2.45, 2.75) is 63.6 Å². The fraction of sp³-hybridized carbons (Fsp3) is 0.586. The lowest BCUT2D eigenvalue weighted by Gasteiger charge is -2.67. The molecule has 2 N–H and O–H groups in total. The zero-order chi connectivity index (χ0) is 27.5. The zero-order valence-electron chi connectivity index (χ0n) is 21.6. The Kier molecular flexibility index (Phi) is 5.29. The number of fused-ring (bicyclic) bond motifs is 7. The quantitative estimate of drug-likeness (QED) is 0.617. The van der Waals surface area contributed by atoms with Crippen LogP contribution in [-0.2, 0) is 14.4 Å². The molecule has 1 aromatic carbocycles. The molecule has 1 saturated heterocycles. The van der Waals surface area contributed by atoms with Gasteiger partial charge in [0.2, 0.25) is 0 Å². The minimum atomic E-state index is -2.31. The van der Waals surface area contributed by atoms with Crippen LogP contribution in [0, 0.1) is 33.9 Å². The monoisotopic (exact) mass is 531 g/mol. The van der Waals surface area contributed by atoms with Gasteiger partial charge in [-0.1, -0.05) is 26.0 Å². The molecule has 204 valence electrons. The van der Waals surface area contributed by atoms with Crippen molar-refractivity contribution in [1.82, 2.24) is 0 Å². The molecule has 6 rings (SSSR count). The molecule has 3 saturated carbocycles. The second-order valence-electron chi connectivity index (χ2n) is 12.4. The van der Waals surface area contributed by atoms with E-state index in [-0.39, 0.29) is 31.4 Å². The number of aliphatic hydroxyl groups is 2. The molecule has 1 aliphatic heterocycles. The van der Waals surface area contributed by atoms with E-state index in [4.69, 9.17) is 4.84 Å². The fourth-order valence-corrected chi connectivity index (χ4v) is 9.11. The van der Waals surface area contributed by atoms with E-state index in [1.165, 1.54) is 42.3 Å². The number of Topliss-reactive ketones (excluding diaryl/α,β-unsaturated/α-hetero) is 1. The molecule has 0 spiro atoms. The van der Waals surface area contributed by atoms with Crippen molar-refractivity contribution in [3.05, 3.63) is 53.9 Å². The van der Waals surface area contributed by atoms with Crippen LogP contribution in [0.3, 0.4) is 0 Å².